The van der Waals surface area contributed by atoms with E-state index in [1.807, 2.05) is 18.2 Å². The molecule has 1 saturated carbocycles. The van der Waals surface area contributed by atoms with Gasteiger partial charge in [-0.05, 0) is 43.5 Å². The summed E-state index contributed by atoms with van der Waals surface area (Å²) in [7, 11) is 0. The second-order valence-electron chi connectivity index (χ2n) is 7.30. The van der Waals surface area contributed by atoms with Crippen molar-refractivity contribution in [2.45, 2.75) is 31.4 Å². The molecule has 0 aliphatic heterocycles. The van der Waals surface area contributed by atoms with Gasteiger partial charge in [-0.2, -0.15) is 5.10 Å². The number of carbonyl (C=O) groups is 2. The predicted octanol–water partition coefficient (Wildman–Crippen LogP) is 3.17. The summed E-state index contributed by atoms with van der Waals surface area (Å²) in [5.41, 5.74) is 1.99. The molecule has 29 heavy (non-hydrogen) atoms. The van der Waals surface area contributed by atoms with Crippen molar-refractivity contribution in [3.63, 3.8) is 0 Å². The number of rotatable bonds is 5. The van der Waals surface area contributed by atoms with E-state index in [9.17, 15) is 14.7 Å². The summed E-state index contributed by atoms with van der Waals surface area (Å²) in [6, 6.07) is 12.1. The first kappa shape index (κ1) is 19.4. The lowest BCUT2D eigenvalue weighted by Gasteiger charge is -2.17. The summed E-state index contributed by atoms with van der Waals surface area (Å²) in [6.45, 7) is 0. The number of fused-ring (bicyclic) bond motifs is 1. The van der Waals surface area contributed by atoms with Crippen LogP contribution in [0, 0.1) is 5.92 Å². The van der Waals surface area contributed by atoms with Gasteiger partial charge in [0.2, 0.25) is 5.91 Å². The van der Waals surface area contributed by atoms with Crippen LogP contribution in [0.1, 0.15) is 30.9 Å². The molecule has 1 aliphatic carbocycles. The highest BCUT2D eigenvalue weighted by molar-refractivity contribution is 6.31. The average Bonchev–Trinajstić information content (AvgIpc) is 3.37. The zero-order chi connectivity index (χ0) is 20.4. The van der Waals surface area contributed by atoms with Crippen molar-refractivity contribution in [1.82, 2.24) is 15.5 Å². The molecule has 8 heteroatoms. The van der Waals surface area contributed by atoms with Crippen molar-refractivity contribution >= 4 is 40.0 Å². The van der Waals surface area contributed by atoms with E-state index in [4.69, 9.17) is 11.6 Å². The third-order valence-electron chi connectivity index (χ3n) is 5.31. The predicted molar refractivity (Wildman–Crippen MR) is 110 cm³/mol. The smallest absolute Gasteiger partial charge is 0.253 e. The van der Waals surface area contributed by atoms with Gasteiger partial charge in [0, 0.05) is 33.6 Å². The molecule has 1 fully saturated rings. The number of amides is 2. The summed E-state index contributed by atoms with van der Waals surface area (Å²) >= 11 is 6.05. The number of nitrogens with zero attached hydrogens (tertiary/aromatic N) is 1. The van der Waals surface area contributed by atoms with Gasteiger partial charge >= 0.3 is 0 Å². The monoisotopic (exact) mass is 412 g/mol. The highest BCUT2D eigenvalue weighted by Crippen LogP contribution is 2.29. The molecule has 2 amide bonds. The van der Waals surface area contributed by atoms with Crippen LogP contribution in [0.15, 0.2) is 48.7 Å². The number of aromatic nitrogens is 2. The Bertz CT molecular complexity index is 1050. The van der Waals surface area contributed by atoms with Crippen molar-refractivity contribution in [2.24, 2.45) is 5.92 Å². The van der Waals surface area contributed by atoms with E-state index in [-0.39, 0.29) is 17.9 Å². The molecule has 0 spiro atoms. The topological polar surface area (TPSA) is 107 Å². The molecule has 7 nitrogen and oxygen atoms in total. The first-order valence-electron chi connectivity index (χ1n) is 9.48. The van der Waals surface area contributed by atoms with Gasteiger partial charge in [0.25, 0.3) is 5.91 Å². The van der Waals surface area contributed by atoms with Crippen molar-refractivity contribution < 1.29 is 14.7 Å². The van der Waals surface area contributed by atoms with Gasteiger partial charge < -0.3 is 15.7 Å². The van der Waals surface area contributed by atoms with Gasteiger partial charge in [0.15, 0.2) is 6.10 Å². The normalized spacial score (nSPS) is 19.8. The van der Waals surface area contributed by atoms with E-state index in [2.05, 4.69) is 20.8 Å². The molecule has 4 N–H and O–H groups in total. The fraction of sp³-hybridized carbons (Fsp3) is 0.286. The molecule has 2 aromatic carbocycles. The summed E-state index contributed by atoms with van der Waals surface area (Å²) in [5, 5.41) is 24.2. The fourth-order valence-corrected chi connectivity index (χ4v) is 3.97. The van der Waals surface area contributed by atoms with E-state index in [0.717, 1.165) is 10.9 Å². The minimum Gasteiger partial charge on any atom is -0.378 e. The van der Waals surface area contributed by atoms with Crippen LogP contribution in [0.25, 0.3) is 10.9 Å². The number of benzene rings is 2. The number of aliphatic hydroxyl groups is 1. The number of aliphatic hydroxyl groups excluding tert-OH is 1. The molecule has 0 saturated heterocycles. The Hall–Kier alpha value is -2.90. The van der Waals surface area contributed by atoms with Gasteiger partial charge in [0.1, 0.15) is 0 Å². The Kier molecular flexibility index (Phi) is 5.51. The SMILES string of the molecule is O=C(Nc1ccc2[nH]ncc2c1)[C@H]1CC[C@H](NC(=O)[C@H](O)c2ccccc2Cl)C1. The van der Waals surface area contributed by atoms with Crippen LogP contribution in [0.3, 0.4) is 0 Å². The highest BCUT2D eigenvalue weighted by atomic mass is 35.5. The van der Waals surface area contributed by atoms with Gasteiger partial charge in [0.05, 0.1) is 11.7 Å². The molecule has 4 rings (SSSR count). The number of aromatic amines is 1. The summed E-state index contributed by atoms with van der Waals surface area (Å²) in [5.74, 6) is -0.774. The molecule has 1 aliphatic rings. The Labute approximate surface area is 172 Å². The minimum absolute atomic E-state index is 0.0729. The number of halogens is 1. The highest BCUT2D eigenvalue weighted by Gasteiger charge is 2.32. The van der Waals surface area contributed by atoms with Crippen molar-refractivity contribution in [3.05, 3.63) is 59.2 Å². The van der Waals surface area contributed by atoms with Gasteiger partial charge in [-0.1, -0.05) is 29.8 Å². The second-order valence-corrected chi connectivity index (χ2v) is 7.71. The Morgan fingerprint density at radius 2 is 2.03 bits per heavy atom. The van der Waals surface area contributed by atoms with Gasteiger partial charge in [-0.3, -0.25) is 14.7 Å². The van der Waals surface area contributed by atoms with Gasteiger partial charge in [-0.15, -0.1) is 0 Å². The molecular weight excluding hydrogens is 392 g/mol. The second kappa shape index (κ2) is 8.23. The maximum Gasteiger partial charge on any atom is 0.253 e. The van der Waals surface area contributed by atoms with Crippen LogP contribution in [0.2, 0.25) is 5.02 Å². The van der Waals surface area contributed by atoms with E-state index < -0.39 is 12.0 Å². The standard InChI is InChI=1S/C21H21ClN4O3/c22-17-4-2-1-3-16(17)19(27)21(29)25-14-6-5-12(9-14)20(28)24-15-7-8-18-13(10-15)11-23-26-18/h1-4,7-8,10-12,14,19,27H,5-6,9H2,(H,23,26)(H,24,28)(H,25,29)/t12-,14-,19+/m0/s1. The number of nitrogens with one attached hydrogen (secondary N) is 3. The number of hydrogen-bond donors (Lipinski definition) is 4. The molecule has 150 valence electrons. The molecule has 0 radical (unpaired) electrons. The molecule has 3 aromatic rings. The molecular formula is C21H21ClN4O3. The number of H-pyrrole nitrogens is 1. The maximum atomic E-state index is 12.6. The zero-order valence-corrected chi connectivity index (χ0v) is 16.3. The third-order valence-corrected chi connectivity index (χ3v) is 5.65. The molecule has 1 aromatic heterocycles. The number of anilines is 1. The average molecular weight is 413 g/mol. The van der Waals surface area contributed by atoms with Crippen molar-refractivity contribution in [1.29, 1.82) is 0 Å². The Balaban J connectivity index is 1.33. The summed E-state index contributed by atoms with van der Waals surface area (Å²) in [4.78, 5) is 25.0. The van der Waals surface area contributed by atoms with Crippen molar-refractivity contribution in [2.75, 3.05) is 5.32 Å². The lowest BCUT2D eigenvalue weighted by Crippen LogP contribution is -2.37. The fourth-order valence-electron chi connectivity index (χ4n) is 3.73. The van der Waals surface area contributed by atoms with Crippen LogP contribution < -0.4 is 10.6 Å². The lowest BCUT2D eigenvalue weighted by atomic mass is 10.1. The van der Waals surface area contributed by atoms with Crippen LogP contribution in [-0.4, -0.2) is 33.2 Å². The van der Waals surface area contributed by atoms with Crippen LogP contribution in [-0.2, 0) is 9.59 Å². The van der Waals surface area contributed by atoms with E-state index in [0.29, 0.717) is 35.5 Å². The molecule has 3 atom stereocenters. The van der Waals surface area contributed by atoms with Crippen molar-refractivity contribution in [3.8, 4) is 0 Å². The molecule has 1 heterocycles. The van der Waals surface area contributed by atoms with E-state index in [1.54, 1.807) is 30.5 Å². The largest absolute Gasteiger partial charge is 0.378 e. The van der Waals surface area contributed by atoms with Crippen LogP contribution >= 0.6 is 11.6 Å². The van der Waals surface area contributed by atoms with Gasteiger partial charge in [-0.25, -0.2) is 0 Å². The summed E-state index contributed by atoms with van der Waals surface area (Å²) in [6.07, 6.45) is 2.25. The molecule has 0 bridgehead atoms. The van der Waals surface area contributed by atoms with Crippen LogP contribution in [0.4, 0.5) is 5.69 Å². The van der Waals surface area contributed by atoms with Crippen LogP contribution in [0.5, 0.6) is 0 Å². The molecule has 0 unspecified atom stereocenters. The first-order valence-corrected chi connectivity index (χ1v) is 9.86. The van der Waals surface area contributed by atoms with E-state index >= 15 is 0 Å². The Morgan fingerprint density at radius 1 is 1.21 bits per heavy atom. The quantitative estimate of drug-likeness (QED) is 0.516. The Morgan fingerprint density at radius 3 is 2.86 bits per heavy atom. The number of hydrogen-bond acceptors (Lipinski definition) is 4. The summed E-state index contributed by atoms with van der Waals surface area (Å²) < 4.78 is 0. The van der Waals surface area contributed by atoms with E-state index in [1.165, 1.54) is 0 Å². The lowest BCUT2D eigenvalue weighted by molar-refractivity contribution is -0.130. The first-order chi connectivity index (χ1) is 14.0. The minimum atomic E-state index is -1.33. The third kappa shape index (κ3) is 4.26. The zero-order valence-electron chi connectivity index (χ0n) is 15.6. The number of carbonyl (C=O) groups excluding carboxylic acids is 2. The maximum absolute atomic E-state index is 12.6.